The molecule has 41 heavy (non-hydrogen) atoms. The van der Waals surface area contributed by atoms with Gasteiger partial charge in [-0.25, -0.2) is 13.4 Å². The highest BCUT2D eigenvalue weighted by Gasteiger charge is 2.26. The molecule has 0 N–H and O–H groups in total. The standard InChI is InChI=1S/C28H31N5O6S2/c1-4-6-16-31(17-7-5-2)41(37,38)23-12-9-21(10-13-23)27(34)32(29-19-22-11-15-26(39-22)33(35)36)28-30-24-14-8-20(3)18-25(24)40-28/h8-15,18-19H,4-7,16-17H2,1-3H3/b29-19+. The molecule has 1 amide bonds. The molecule has 0 unspecified atom stereocenters. The molecule has 2 aromatic heterocycles. The van der Waals surface area contributed by atoms with Crippen molar-refractivity contribution in [2.45, 2.75) is 51.3 Å². The van der Waals surface area contributed by atoms with Crippen molar-refractivity contribution >= 4 is 54.7 Å². The van der Waals surface area contributed by atoms with Crippen molar-refractivity contribution in [3.05, 3.63) is 81.6 Å². The molecule has 0 saturated carbocycles. The average Bonchev–Trinajstić information content (AvgIpc) is 3.60. The molecule has 11 nitrogen and oxygen atoms in total. The predicted octanol–water partition coefficient (Wildman–Crippen LogP) is 6.38. The zero-order valence-corrected chi connectivity index (χ0v) is 24.7. The fourth-order valence-corrected chi connectivity index (χ4v) is 6.52. The smallest absolute Gasteiger partial charge is 0.400 e. The van der Waals surface area contributed by atoms with Gasteiger partial charge in [-0.3, -0.25) is 14.9 Å². The molecular weight excluding hydrogens is 566 g/mol. The van der Waals surface area contributed by atoms with E-state index in [4.69, 9.17) is 4.42 Å². The van der Waals surface area contributed by atoms with Gasteiger partial charge in [-0.05, 0) is 67.8 Å². The second-order valence-corrected chi connectivity index (χ2v) is 12.3. The number of hydrazone groups is 1. The van der Waals surface area contributed by atoms with E-state index in [0.717, 1.165) is 41.0 Å². The first-order valence-corrected chi connectivity index (χ1v) is 15.5. The van der Waals surface area contributed by atoms with Gasteiger partial charge < -0.3 is 4.42 Å². The number of anilines is 1. The van der Waals surface area contributed by atoms with Crippen molar-refractivity contribution in [1.82, 2.24) is 9.29 Å². The van der Waals surface area contributed by atoms with Crippen LogP contribution in [0.15, 0.2) is 69.0 Å². The quantitative estimate of drug-likeness (QED) is 0.0990. The van der Waals surface area contributed by atoms with Crippen LogP contribution in [0.3, 0.4) is 0 Å². The van der Waals surface area contributed by atoms with Gasteiger partial charge in [0.15, 0.2) is 5.76 Å². The number of amides is 1. The van der Waals surface area contributed by atoms with Crippen LogP contribution in [0.2, 0.25) is 0 Å². The predicted molar refractivity (Wildman–Crippen MR) is 159 cm³/mol. The third-order valence-electron chi connectivity index (χ3n) is 6.26. The Labute approximate surface area is 242 Å². The highest BCUT2D eigenvalue weighted by Crippen LogP contribution is 2.31. The normalized spacial score (nSPS) is 12.0. The van der Waals surface area contributed by atoms with Crippen molar-refractivity contribution in [3.63, 3.8) is 0 Å². The average molecular weight is 598 g/mol. The van der Waals surface area contributed by atoms with E-state index in [0.29, 0.717) is 18.6 Å². The van der Waals surface area contributed by atoms with Crippen molar-refractivity contribution in [3.8, 4) is 0 Å². The van der Waals surface area contributed by atoms with Crippen LogP contribution in [0.4, 0.5) is 11.0 Å². The van der Waals surface area contributed by atoms with Crippen molar-refractivity contribution < 1.29 is 22.6 Å². The second kappa shape index (κ2) is 13.1. The number of thiazole rings is 1. The lowest BCUT2D eigenvalue weighted by molar-refractivity contribution is -0.402. The lowest BCUT2D eigenvalue weighted by Crippen LogP contribution is -2.33. The molecule has 0 aliphatic heterocycles. The molecule has 0 spiro atoms. The summed E-state index contributed by atoms with van der Waals surface area (Å²) in [7, 11) is -3.73. The highest BCUT2D eigenvalue weighted by atomic mass is 32.2. The summed E-state index contributed by atoms with van der Waals surface area (Å²) in [4.78, 5) is 28.7. The SMILES string of the molecule is CCCCN(CCCC)S(=O)(=O)c1ccc(C(=O)N(/N=C/c2ccc([N+](=O)[O-])o2)c2nc3ccc(C)cc3s2)cc1. The monoisotopic (exact) mass is 597 g/mol. The van der Waals surface area contributed by atoms with Crippen molar-refractivity contribution in [2.75, 3.05) is 18.1 Å². The van der Waals surface area contributed by atoms with E-state index in [1.165, 1.54) is 58.3 Å². The number of hydrogen-bond acceptors (Lipinski definition) is 9. The van der Waals surface area contributed by atoms with Gasteiger partial charge in [-0.15, -0.1) is 0 Å². The maximum absolute atomic E-state index is 13.7. The van der Waals surface area contributed by atoms with Crippen LogP contribution >= 0.6 is 11.3 Å². The molecule has 0 saturated heterocycles. The minimum Gasteiger partial charge on any atom is -0.400 e. The number of rotatable bonds is 13. The minimum absolute atomic E-state index is 0.0761. The molecule has 0 fully saturated rings. The molecule has 216 valence electrons. The third kappa shape index (κ3) is 7.04. The first-order valence-electron chi connectivity index (χ1n) is 13.2. The maximum Gasteiger partial charge on any atom is 0.433 e. The number of aryl methyl sites for hydroxylation is 1. The molecule has 2 heterocycles. The molecule has 0 bridgehead atoms. The van der Waals surface area contributed by atoms with Gasteiger partial charge in [0.1, 0.15) is 4.92 Å². The Morgan fingerprint density at radius 3 is 2.37 bits per heavy atom. The second-order valence-electron chi connectivity index (χ2n) is 9.40. The van der Waals surface area contributed by atoms with Crippen LogP contribution in [-0.2, 0) is 10.0 Å². The lowest BCUT2D eigenvalue weighted by atomic mass is 10.2. The summed E-state index contributed by atoms with van der Waals surface area (Å²) in [6.45, 7) is 6.84. The topological polar surface area (TPSA) is 139 Å². The highest BCUT2D eigenvalue weighted by molar-refractivity contribution is 7.89. The van der Waals surface area contributed by atoms with Crippen LogP contribution in [-0.4, -0.2) is 47.8 Å². The van der Waals surface area contributed by atoms with Gasteiger partial charge in [-0.2, -0.15) is 14.4 Å². The van der Waals surface area contributed by atoms with Gasteiger partial charge in [0.05, 0.1) is 27.4 Å². The van der Waals surface area contributed by atoms with Gasteiger partial charge in [-0.1, -0.05) is 44.1 Å². The Balaban J connectivity index is 1.66. The number of nitro groups is 1. The number of benzene rings is 2. The van der Waals surface area contributed by atoms with Crippen molar-refractivity contribution in [1.29, 1.82) is 0 Å². The van der Waals surface area contributed by atoms with E-state index >= 15 is 0 Å². The Morgan fingerprint density at radius 2 is 1.76 bits per heavy atom. The van der Waals surface area contributed by atoms with E-state index in [1.54, 1.807) is 0 Å². The number of furan rings is 1. The lowest BCUT2D eigenvalue weighted by Gasteiger charge is -2.22. The number of fused-ring (bicyclic) bond motifs is 1. The number of carbonyl (C=O) groups is 1. The third-order valence-corrected chi connectivity index (χ3v) is 9.17. The van der Waals surface area contributed by atoms with Gasteiger partial charge in [0.25, 0.3) is 5.91 Å². The molecule has 4 aromatic rings. The van der Waals surface area contributed by atoms with Crippen molar-refractivity contribution in [2.24, 2.45) is 5.10 Å². The number of nitrogens with zero attached hydrogens (tertiary/aromatic N) is 5. The zero-order chi connectivity index (χ0) is 29.6. The Bertz CT molecular complexity index is 1650. The Morgan fingerprint density at radius 1 is 1.07 bits per heavy atom. The number of carbonyl (C=O) groups excluding carboxylic acids is 1. The Kier molecular flexibility index (Phi) is 9.63. The summed E-state index contributed by atoms with van der Waals surface area (Å²) in [5.74, 6) is -0.938. The van der Waals surface area contributed by atoms with E-state index in [9.17, 15) is 23.3 Å². The number of unbranched alkanes of at least 4 members (excludes halogenated alkanes) is 2. The first-order chi connectivity index (χ1) is 19.6. The number of hydrogen-bond donors (Lipinski definition) is 0. The van der Waals surface area contributed by atoms with E-state index in [-0.39, 0.29) is 21.4 Å². The largest absolute Gasteiger partial charge is 0.433 e. The van der Waals surface area contributed by atoms with Crippen LogP contribution in [0.5, 0.6) is 0 Å². The number of sulfonamides is 1. The fourth-order valence-electron chi connectivity index (χ4n) is 3.99. The summed E-state index contributed by atoms with van der Waals surface area (Å²) in [6.07, 6.45) is 4.46. The summed E-state index contributed by atoms with van der Waals surface area (Å²) < 4.78 is 34.2. The summed E-state index contributed by atoms with van der Waals surface area (Å²) >= 11 is 1.25. The number of aromatic nitrogens is 1. The van der Waals surface area contributed by atoms with Gasteiger partial charge in [0, 0.05) is 18.7 Å². The van der Waals surface area contributed by atoms with Crippen LogP contribution in [0, 0.1) is 17.0 Å². The summed E-state index contributed by atoms with van der Waals surface area (Å²) in [5.41, 5.74) is 1.90. The Hall–Kier alpha value is -3.94. The molecule has 13 heteroatoms. The minimum atomic E-state index is -3.73. The first kappa shape index (κ1) is 30.0. The van der Waals surface area contributed by atoms with Crippen LogP contribution in [0.1, 0.15) is 61.2 Å². The van der Waals surface area contributed by atoms with Gasteiger partial charge >= 0.3 is 5.88 Å². The summed E-state index contributed by atoms with van der Waals surface area (Å²) in [5, 5.41) is 16.6. The molecule has 4 rings (SSSR count). The molecule has 0 aliphatic rings. The molecular formula is C28H31N5O6S2. The zero-order valence-electron chi connectivity index (χ0n) is 23.0. The van der Waals surface area contributed by atoms with Crippen LogP contribution in [0.25, 0.3) is 10.2 Å². The maximum atomic E-state index is 13.7. The van der Waals surface area contributed by atoms with E-state index in [1.807, 2.05) is 39.0 Å². The molecule has 0 atom stereocenters. The molecule has 2 aromatic carbocycles. The van der Waals surface area contributed by atoms with E-state index in [2.05, 4.69) is 10.1 Å². The fraction of sp³-hybridized carbons (Fsp3) is 0.321. The molecule has 0 radical (unpaired) electrons. The molecule has 0 aliphatic carbocycles. The van der Waals surface area contributed by atoms with E-state index < -0.39 is 26.7 Å². The van der Waals surface area contributed by atoms with Crippen LogP contribution < -0.4 is 5.01 Å². The van der Waals surface area contributed by atoms with Gasteiger partial charge in [0.2, 0.25) is 15.2 Å². The summed E-state index contributed by atoms with van der Waals surface area (Å²) in [6, 6.07) is 14.0.